The van der Waals surface area contributed by atoms with Gasteiger partial charge >= 0.3 is 0 Å². The first-order valence-electron chi connectivity index (χ1n) is 5.43. The Morgan fingerprint density at radius 3 is 2.59 bits per heavy atom. The molecule has 96 valence electrons. The Morgan fingerprint density at radius 1 is 1.47 bits per heavy atom. The molecule has 1 rings (SSSR count). The van der Waals surface area contributed by atoms with Gasteiger partial charge in [0.1, 0.15) is 4.88 Å². The molecule has 0 spiro atoms. The summed E-state index contributed by atoms with van der Waals surface area (Å²) in [6.07, 6.45) is -0.410. The maximum atomic E-state index is 11.7. The molecule has 0 unspecified atom stereocenters. The van der Waals surface area contributed by atoms with E-state index in [4.69, 9.17) is 21.1 Å². The number of hydrogen-bond acceptors (Lipinski definition) is 4. The fourth-order valence-electron chi connectivity index (χ4n) is 1.25. The van der Waals surface area contributed by atoms with E-state index in [1.807, 2.05) is 13.8 Å². The molecule has 1 aromatic heterocycles. The second-order valence-electron chi connectivity index (χ2n) is 3.15. The molecule has 1 N–H and O–H groups in total. The zero-order valence-electron chi connectivity index (χ0n) is 9.86. The van der Waals surface area contributed by atoms with Crippen molar-refractivity contribution in [3.63, 3.8) is 0 Å². The number of carbonyl (C=O) groups excluding carboxylic acids is 1. The highest BCUT2D eigenvalue weighted by atomic mass is 35.5. The van der Waals surface area contributed by atoms with E-state index in [-0.39, 0.29) is 5.91 Å². The number of rotatable bonds is 7. The molecule has 0 aromatic carbocycles. The van der Waals surface area contributed by atoms with Crippen molar-refractivity contribution >= 4 is 28.8 Å². The Balaban J connectivity index is 2.43. The van der Waals surface area contributed by atoms with Crippen molar-refractivity contribution in [2.24, 2.45) is 0 Å². The Labute approximate surface area is 110 Å². The summed E-state index contributed by atoms with van der Waals surface area (Å²) in [5.41, 5.74) is 0. The summed E-state index contributed by atoms with van der Waals surface area (Å²) in [6.45, 7) is 5.16. The van der Waals surface area contributed by atoms with Gasteiger partial charge in [-0.15, -0.1) is 11.3 Å². The van der Waals surface area contributed by atoms with Crippen LogP contribution in [0.3, 0.4) is 0 Å². The van der Waals surface area contributed by atoms with E-state index in [0.717, 1.165) is 0 Å². The third kappa shape index (κ3) is 4.63. The second kappa shape index (κ2) is 7.66. The number of ether oxygens (including phenoxy) is 2. The predicted octanol–water partition coefficient (Wildman–Crippen LogP) is 2.53. The molecule has 0 fully saturated rings. The van der Waals surface area contributed by atoms with Crippen LogP contribution in [0.5, 0.6) is 0 Å². The standard InChI is InChI=1S/C11H16ClNO3S/c1-3-15-9(16-4-2)7-13-11(14)10-8(12)5-6-17-10/h5-6,9H,3-4,7H2,1-2H3,(H,13,14). The summed E-state index contributed by atoms with van der Waals surface area (Å²) in [5.74, 6) is -0.200. The third-order valence-corrected chi connectivity index (χ3v) is 3.30. The molecule has 1 amide bonds. The van der Waals surface area contributed by atoms with E-state index < -0.39 is 6.29 Å². The van der Waals surface area contributed by atoms with Crippen LogP contribution in [0.25, 0.3) is 0 Å². The number of hydrogen-bond donors (Lipinski definition) is 1. The van der Waals surface area contributed by atoms with Crippen LogP contribution in [0.4, 0.5) is 0 Å². The minimum Gasteiger partial charge on any atom is -0.351 e. The smallest absolute Gasteiger partial charge is 0.263 e. The average molecular weight is 278 g/mol. The van der Waals surface area contributed by atoms with Crippen LogP contribution in [0.1, 0.15) is 23.5 Å². The maximum absolute atomic E-state index is 11.7. The van der Waals surface area contributed by atoms with Crippen molar-refractivity contribution in [2.75, 3.05) is 19.8 Å². The minimum atomic E-state index is -0.410. The minimum absolute atomic E-state index is 0.200. The van der Waals surface area contributed by atoms with E-state index in [9.17, 15) is 4.79 Å². The molecule has 0 aliphatic rings. The van der Waals surface area contributed by atoms with Crippen LogP contribution >= 0.6 is 22.9 Å². The Hall–Kier alpha value is -0.620. The summed E-state index contributed by atoms with van der Waals surface area (Å²) >= 11 is 7.17. The fourth-order valence-corrected chi connectivity index (χ4v) is 2.31. The van der Waals surface area contributed by atoms with Gasteiger partial charge in [-0.25, -0.2) is 0 Å². The van der Waals surface area contributed by atoms with Crippen molar-refractivity contribution in [1.29, 1.82) is 0 Å². The van der Waals surface area contributed by atoms with Gasteiger partial charge in [-0.05, 0) is 25.3 Å². The van der Waals surface area contributed by atoms with Crippen molar-refractivity contribution in [3.8, 4) is 0 Å². The molecular formula is C11H16ClNO3S. The highest BCUT2D eigenvalue weighted by molar-refractivity contribution is 7.12. The first kappa shape index (κ1) is 14.4. The number of nitrogens with one attached hydrogen (secondary N) is 1. The molecule has 0 saturated heterocycles. The topological polar surface area (TPSA) is 47.6 Å². The van der Waals surface area contributed by atoms with Gasteiger partial charge in [-0.2, -0.15) is 0 Å². The van der Waals surface area contributed by atoms with Crippen LogP contribution < -0.4 is 5.32 Å². The van der Waals surface area contributed by atoms with Crippen LogP contribution in [-0.2, 0) is 9.47 Å². The lowest BCUT2D eigenvalue weighted by atomic mass is 10.4. The predicted molar refractivity (Wildman–Crippen MR) is 68.7 cm³/mol. The van der Waals surface area contributed by atoms with E-state index in [2.05, 4.69) is 5.32 Å². The molecule has 0 aliphatic carbocycles. The highest BCUT2D eigenvalue weighted by Gasteiger charge is 2.14. The van der Waals surface area contributed by atoms with Gasteiger partial charge in [0.2, 0.25) is 0 Å². The molecule has 6 heteroatoms. The summed E-state index contributed by atoms with van der Waals surface area (Å²) in [7, 11) is 0. The quantitative estimate of drug-likeness (QED) is 0.779. The fraction of sp³-hybridized carbons (Fsp3) is 0.545. The molecule has 1 heterocycles. The van der Waals surface area contributed by atoms with Crippen molar-refractivity contribution < 1.29 is 14.3 Å². The van der Waals surface area contributed by atoms with Crippen molar-refractivity contribution in [2.45, 2.75) is 20.1 Å². The summed E-state index contributed by atoms with van der Waals surface area (Å²) in [6, 6.07) is 1.70. The summed E-state index contributed by atoms with van der Waals surface area (Å²) in [4.78, 5) is 12.3. The van der Waals surface area contributed by atoms with Crippen molar-refractivity contribution in [3.05, 3.63) is 21.3 Å². The molecule has 0 aliphatic heterocycles. The lowest BCUT2D eigenvalue weighted by molar-refractivity contribution is -0.131. The van der Waals surface area contributed by atoms with E-state index in [1.165, 1.54) is 11.3 Å². The molecule has 0 bridgehead atoms. The van der Waals surface area contributed by atoms with Gasteiger partial charge in [-0.1, -0.05) is 11.6 Å². The zero-order chi connectivity index (χ0) is 12.7. The molecule has 0 atom stereocenters. The number of halogens is 1. The van der Waals surface area contributed by atoms with E-state index in [0.29, 0.717) is 29.7 Å². The van der Waals surface area contributed by atoms with E-state index in [1.54, 1.807) is 11.4 Å². The number of thiophene rings is 1. The Kier molecular flexibility index (Phi) is 6.50. The van der Waals surface area contributed by atoms with Gasteiger partial charge in [0.05, 0.1) is 11.6 Å². The van der Waals surface area contributed by atoms with Gasteiger partial charge in [0.15, 0.2) is 6.29 Å². The average Bonchev–Trinajstić information content (AvgIpc) is 2.72. The number of carbonyl (C=O) groups is 1. The molecule has 4 nitrogen and oxygen atoms in total. The van der Waals surface area contributed by atoms with Gasteiger partial charge in [0, 0.05) is 13.2 Å². The van der Waals surface area contributed by atoms with Crippen LogP contribution in [0, 0.1) is 0 Å². The zero-order valence-corrected chi connectivity index (χ0v) is 11.4. The molecule has 0 saturated carbocycles. The lowest BCUT2D eigenvalue weighted by Crippen LogP contribution is -2.35. The lowest BCUT2D eigenvalue weighted by Gasteiger charge is -2.17. The number of amides is 1. The van der Waals surface area contributed by atoms with Crippen LogP contribution in [-0.4, -0.2) is 32.0 Å². The first-order chi connectivity index (χ1) is 8.19. The van der Waals surface area contributed by atoms with Crippen molar-refractivity contribution in [1.82, 2.24) is 5.32 Å². The first-order valence-corrected chi connectivity index (χ1v) is 6.69. The molecule has 1 aromatic rings. The van der Waals surface area contributed by atoms with Crippen LogP contribution in [0.15, 0.2) is 11.4 Å². The second-order valence-corrected chi connectivity index (χ2v) is 4.47. The Morgan fingerprint density at radius 2 is 2.12 bits per heavy atom. The molecular weight excluding hydrogens is 262 g/mol. The molecule has 0 radical (unpaired) electrons. The van der Waals surface area contributed by atoms with Gasteiger partial charge < -0.3 is 14.8 Å². The van der Waals surface area contributed by atoms with E-state index >= 15 is 0 Å². The van der Waals surface area contributed by atoms with Crippen LogP contribution in [0.2, 0.25) is 5.02 Å². The normalized spacial score (nSPS) is 10.8. The summed E-state index contributed by atoms with van der Waals surface area (Å²) < 4.78 is 10.6. The van der Waals surface area contributed by atoms with Gasteiger partial charge in [0.25, 0.3) is 5.91 Å². The highest BCUT2D eigenvalue weighted by Crippen LogP contribution is 2.21. The Bertz CT molecular complexity index is 350. The third-order valence-electron chi connectivity index (χ3n) is 1.96. The molecule has 17 heavy (non-hydrogen) atoms. The summed E-state index contributed by atoms with van der Waals surface area (Å²) in [5, 5.41) is 4.98. The maximum Gasteiger partial charge on any atom is 0.263 e. The van der Waals surface area contributed by atoms with Gasteiger partial charge in [-0.3, -0.25) is 4.79 Å². The SMILES string of the molecule is CCOC(CNC(=O)c1sccc1Cl)OCC. The largest absolute Gasteiger partial charge is 0.351 e. The monoisotopic (exact) mass is 277 g/mol.